The molecule has 1 unspecified atom stereocenters. The van der Waals surface area contributed by atoms with E-state index in [9.17, 15) is 0 Å². The first-order chi connectivity index (χ1) is 10.8. The third kappa shape index (κ3) is 2.70. The van der Waals surface area contributed by atoms with Gasteiger partial charge in [0.15, 0.2) is 0 Å². The summed E-state index contributed by atoms with van der Waals surface area (Å²) < 4.78 is 10.1. The minimum absolute atomic E-state index is 0.484. The second-order valence-corrected chi connectivity index (χ2v) is 6.45. The zero-order chi connectivity index (χ0) is 14.9. The molecule has 112 valence electrons. The third-order valence-electron chi connectivity index (χ3n) is 5.00. The molecular weight excluding hydrogens is 260 g/mol. The van der Waals surface area contributed by atoms with Gasteiger partial charge in [-0.3, -0.25) is 4.68 Å². The van der Waals surface area contributed by atoms with E-state index >= 15 is 0 Å². The summed E-state index contributed by atoms with van der Waals surface area (Å²) in [4.78, 5) is 2.62. The Morgan fingerprint density at radius 2 is 2.19 bits per heavy atom. The van der Waals surface area contributed by atoms with Crippen molar-refractivity contribution in [3.05, 3.63) is 30.4 Å². The highest BCUT2D eigenvalue weighted by molar-refractivity contribution is 5.78. The monoisotopic (exact) mass is 285 g/mol. The lowest BCUT2D eigenvalue weighted by molar-refractivity contribution is 0.163. The average molecular weight is 285 g/mol. The Labute approximate surface area is 127 Å². The van der Waals surface area contributed by atoms with Gasteiger partial charge in [0.1, 0.15) is 0 Å². The Hall–Kier alpha value is -1.39. The molecule has 1 atom stereocenters. The minimum Gasteiger partial charge on any atom is -0.316 e. The van der Waals surface area contributed by atoms with E-state index in [0.29, 0.717) is 12.1 Å². The van der Waals surface area contributed by atoms with Gasteiger partial charge >= 0.3 is 0 Å². The maximum atomic E-state index is 7.98. The quantitative estimate of drug-likeness (QED) is 0.939. The third-order valence-corrected chi connectivity index (χ3v) is 5.00. The number of nitrogens with zero attached hydrogens (tertiary/aromatic N) is 3. The highest BCUT2D eigenvalue weighted by Gasteiger charge is 2.25. The molecule has 0 radical (unpaired) electrons. The minimum atomic E-state index is 0.484. The molecule has 2 aliphatic rings. The molecule has 2 saturated heterocycles. The topological polar surface area (TPSA) is 33.1 Å². The van der Waals surface area contributed by atoms with E-state index < -0.39 is 0 Å². The molecule has 0 saturated carbocycles. The second kappa shape index (κ2) is 5.78. The lowest BCUT2D eigenvalue weighted by Gasteiger charge is -2.33. The fourth-order valence-corrected chi connectivity index (χ4v) is 3.80. The van der Waals surface area contributed by atoms with Crippen molar-refractivity contribution in [2.45, 2.75) is 25.3 Å². The van der Waals surface area contributed by atoms with Crippen molar-refractivity contribution in [1.29, 1.82) is 0 Å². The molecule has 4 heteroatoms. The van der Waals surface area contributed by atoms with Gasteiger partial charge in [0.25, 0.3) is 0 Å². The molecule has 1 N–H and O–H groups in total. The van der Waals surface area contributed by atoms with E-state index in [1.165, 1.54) is 52.0 Å². The summed E-state index contributed by atoms with van der Waals surface area (Å²) in [6.45, 7) is 5.97. The molecule has 0 amide bonds. The van der Waals surface area contributed by atoms with E-state index in [1.54, 1.807) is 0 Å². The van der Waals surface area contributed by atoms with E-state index in [2.05, 4.69) is 26.1 Å². The largest absolute Gasteiger partial charge is 0.316 e. The Morgan fingerprint density at radius 1 is 1.29 bits per heavy atom. The van der Waals surface area contributed by atoms with E-state index in [4.69, 9.17) is 1.37 Å². The maximum absolute atomic E-state index is 7.98. The summed E-state index contributed by atoms with van der Waals surface area (Å²) in [6, 6.07) is 6.96. The van der Waals surface area contributed by atoms with Crippen molar-refractivity contribution in [1.82, 2.24) is 20.0 Å². The Kier molecular flexibility index (Phi) is 3.35. The number of aromatic nitrogens is 2. The summed E-state index contributed by atoms with van der Waals surface area (Å²) in [5, 5.41) is 9.01. The SMILES string of the molecule is [2H]c1cccc2c1cnn2C1CCN(CC2CCNC2)CC1. The van der Waals surface area contributed by atoms with Crippen molar-refractivity contribution in [3.63, 3.8) is 0 Å². The van der Waals surface area contributed by atoms with Crippen LogP contribution in [0.4, 0.5) is 0 Å². The Bertz CT molecular complexity index is 639. The van der Waals surface area contributed by atoms with Crippen LogP contribution in [0.5, 0.6) is 0 Å². The predicted molar refractivity (Wildman–Crippen MR) is 85.4 cm³/mol. The molecule has 21 heavy (non-hydrogen) atoms. The van der Waals surface area contributed by atoms with Crippen molar-refractivity contribution >= 4 is 10.9 Å². The van der Waals surface area contributed by atoms with Gasteiger partial charge in [0.2, 0.25) is 0 Å². The summed E-state index contributed by atoms with van der Waals surface area (Å²) in [6.07, 6.45) is 5.52. The van der Waals surface area contributed by atoms with Gasteiger partial charge in [0.05, 0.1) is 19.1 Å². The number of fused-ring (bicyclic) bond motifs is 1. The molecule has 4 nitrogen and oxygen atoms in total. The number of piperidine rings is 1. The molecule has 2 fully saturated rings. The molecule has 0 aliphatic carbocycles. The first-order valence-electron chi connectivity index (χ1n) is 8.67. The highest BCUT2D eigenvalue weighted by atomic mass is 15.3. The van der Waals surface area contributed by atoms with Crippen LogP contribution in [0, 0.1) is 5.92 Å². The zero-order valence-electron chi connectivity index (χ0n) is 13.5. The number of hydrogen-bond acceptors (Lipinski definition) is 3. The number of nitrogens with one attached hydrogen (secondary N) is 1. The fraction of sp³-hybridized carbons (Fsp3) is 0.588. The number of hydrogen-bond donors (Lipinski definition) is 1. The number of likely N-dealkylation sites (tertiary alicyclic amines) is 1. The molecule has 2 aliphatic heterocycles. The zero-order valence-corrected chi connectivity index (χ0v) is 12.5. The van der Waals surface area contributed by atoms with Gasteiger partial charge in [-0.2, -0.15) is 5.10 Å². The van der Waals surface area contributed by atoms with E-state index in [1.807, 2.05) is 18.3 Å². The summed E-state index contributed by atoms with van der Waals surface area (Å²) in [5.74, 6) is 0.841. The van der Waals surface area contributed by atoms with Gasteiger partial charge in [-0.1, -0.05) is 18.2 Å². The lowest BCUT2D eigenvalue weighted by atomic mass is 10.0. The molecule has 2 aromatic rings. The standard InChI is InChI=1S/C17H24N4/c1-2-4-17-15(3-1)12-19-21(17)16-6-9-20(10-7-16)13-14-5-8-18-11-14/h1-4,12,14,16,18H,5-11,13H2/i3D. The number of para-hydroxylation sites is 1. The van der Waals surface area contributed by atoms with Crippen LogP contribution in [-0.4, -0.2) is 47.4 Å². The predicted octanol–water partition coefficient (Wildman–Crippen LogP) is 2.28. The number of benzene rings is 1. The maximum Gasteiger partial charge on any atom is 0.0685 e. The fourth-order valence-electron chi connectivity index (χ4n) is 3.80. The summed E-state index contributed by atoms with van der Waals surface area (Å²) in [7, 11) is 0. The van der Waals surface area contributed by atoms with E-state index in [-0.39, 0.29) is 0 Å². The Morgan fingerprint density at radius 3 is 3.00 bits per heavy atom. The molecule has 4 rings (SSSR count). The van der Waals surface area contributed by atoms with Crippen molar-refractivity contribution < 1.29 is 1.37 Å². The van der Waals surface area contributed by atoms with Crippen molar-refractivity contribution in [2.24, 2.45) is 5.92 Å². The van der Waals surface area contributed by atoms with Gasteiger partial charge < -0.3 is 10.2 Å². The Balaban J connectivity index is 1.43. The van der Waals surface area contributed by atoms with Crippen LogP contribution >= 0.6 is 0 Å². The van der Waals surface area contributed by atoms with Crippen LogP contribution in [0.25, 0.3) is 10.9 Å². The normalized spacial score (nSPS) is 25.5. The van der Waals surface area contributed by atoms with Gasteiger partial charge in [-0.15, -0.1) is 0 Å². The van der Waals surface area contributed by atoms with Crippen LogP contribution in [0.1, 0.15) is 26.7 Å². The van der Waals surface area contributed by atoms with Gasteiger partial charge in [-0.05, 0) is 44.3 Å². The first-order valence-corrected chi connectivity index (χ1v) is 8.17. The van der Waals surface area contributed by atoms with Gasteiger partial charge in [-0.25, -0.2) is 0 Å². The smallest absolute Gasteiger partial charge is 0.0685 e. The van der Waals surface area contributed by atoms with Crippen LogP contribution < -0.4 is 5.32 Å². The summed E-state index contributed by atoms with van der Waals surface area (Å²) >= 11 is 0. The van der Waals surface area contributed by atoms with Crippen LogP contribution in [0.3, 0.4) is 0 Å². The molecule has 0 bridgehead atoms. The van der Waals surface area contributed by atoms with Crippen LogP contribution in [0.15, 0.2) is 30.4 Å². The van der Waals surface area contributed by atoms with Gasteiger partial charge in [0, 0.05) is 25.0 Å². The molecule has 3 heterocycles. The molecular formula is C17H24N4. The molecule has 1 aromatic carbocycles. The molecule has 0 spiro atoms. The number of rotatable bonds is 3. The van der Waals surface area contributed by atoms with Crippen LogP contribution in [-0.2, 0) is 0 Å². The lowest BCUT2D eigenvalue weighted by Crippen LogP contribution is -2.38. The van der Waals surface area contributed by atoms with Crippen molar-refractivity contribution in [2.75, 3.05) is 32.7 Å². The second-order valence-electron chi connectivity index (χ2n) is 6.45. The highest BCUT2D eigenvalue weighted by Crippen LogP contribution is 2.26. The van der Waals surface area contributed by atoms with E-state index in [0.717, 1.165) is 16.8 Å². The summed E-state index contributed by atoms with van der Waals surface area (Å²) in [5.41, 5.74) is 1.12. The average Bonchev–Trinajstić information content (AvgIpc) is 3.18. The van der Waals surface area contributed by atoms with Crippen molar-refractivity contribution in [3.8, 4) is 0 Å². The van der Waals surface area contributed by atoms with Crippen LogP contribution in [0.2, 0.25) is 0 Å². The molecule has 1 aromatic heterocycles. The first kappa shape index (κ1) is 12.2.